The van der Waals surface area contributed by atoms with Gasteiger partial charge in [-0.15, -0.1) is 0 Å². The van der Waals surface area contributed by atoms with Crippen LogP contribution in [0.15, 0.2) is 64.6 Å². The van der Waals surface area contributed by atoms with Crippen molar-refractivity contribution < 1.29 is 5.21 Å². The summed E-state index contributed by atoms with van der Waals surface area (Å²) in [5, 5.41) is 14.9. The van der Waals surface area contributed by atoms with Gasteiger partial charge in [0.2, 0.25) is 0 Å². The van der Waals surface area contributed by atoms with Crippen LogP contribution in [0.3, 0.4) is 0 Å². The molecule has 0 bridgehead atoms. The van der Waals surface area contributed by atoms with Crippen molar-refractivity contribution in [1.82, 2.24) is 10.0 Å². The molecule has 0 aliphatic carbocycles. The number of hydroxylamine groups is 2. The Morgan fingerprint density at radius 1 is 1.10 bits per heavy atom. The van der Waals surface area contributed by atoms with Crippen molar-refractivity contribution in [3.8, 4) is 11.3 Å². The Labute approximate surface area is 186 Å². The number of H-pyrrole nitrogens is 1. The number of aromatic amines is 1. The van der Waals surface area contributed by atoms with Crippen LogP contribution in [0, 0.1) is 0 Å². The lowest BCUT2D eigenvalue weighted by atomic mass is 10.1. The van der Waals surface area contributed by atoms with Gasteiger partial charge in [-0.05, 0) is 37.0 Å². The van der Waals surface area contributed by atoms with Gasteiger partial charge in [0.15, 0.2) is 0 Å². The Balaban J connectivity index is 1.40. The largest absolute Gasteiger partial charge is 0.369 e. The van der Waals surface area contributed by atoms with Crippen LogP contribution < -0.4 is 10.2 Å². The predicted octanol–water partition coefficient (Wildman–Crippen LogP) is 4.67. The minimum absolute atomic E-state index is 0.422. The van der Waals surface area contributed by atoms with E-state index < -0.39 is 0 Å². The van der Waals surface area contributed by atoms with Crippen molar-refractivity contribution in [3.05, 3.63) is 65.3 Å². The molecule has 1 fully saturated rings. The lowest BCUT2D eigenvalue weighted by Gasteiger charge is -2.33. The zero-order valence-corrected chi connectivity index (χ0v) is 17.9. The molecule has 0 atom stereocenters. The molecular weight excluding hydrogens is 412 g/mol. The van der Waals surface area contributed by atoms with Gasteiger partial charge >= 0.3 is 0 Å². The molecule has 0 radical (unpaired) electrons. The van der Waals surface area contributed by atoms with Crippen molar-refractivity contribution in [2.24, 2.45) is 9.98 Å². The molecule has 1 aliphatic heterocycles. The van der Waals surface area contributed by atoms with Crippen LogP contribution in [0.4, 0.5) is 17.1 Å². The first-order chi connectivity index (χ1) is 15.1. The van der Waals surface area contributed by atoms with Crippen molar-refractivity contribution in [1.29, 1.82) is 0 Å². The first-order valence-corrected chi connectivity index (χ1v) is 10.5. The molecule has 1 aliphatic rings. The SMILES string of the molecule is C=Nc1cc(-c2ccccc2Cl)[nH]c1/C=N\CNc1cccc(N2CCN(O)CC2)c1. The van der Waals surface area contributed by atoms with Crippen molar-refractivity contribution in [3.63, 3.8) is 0 Å². The number of hydrogen-bond acceptors (Lipinski definition) is 6. The Hall–Kier alpha value is -3.13. The monoisotopic (exact) mass is 436 g/mol. The van der Waals surface area contributed by atoms with Gasteiger partial charge in [0.05, 0.1) is 11.4 Å². The minimum atomic E-state index is 0.422. The van der Waals surface area contributed by atoms with Crippen LogP contribution in [0.5, 0.6) is 0 Å². The highest BCUT2D eigenvalue weighted by Crippen LogP contribution is 2.31. The molecule has 0 unspecified atom stereocenters. The Morgan fingerprint density at radius 2 is 1.90 bits per heavy atom. The lowest BCUT2D eigenvalue weighted by Crippen LogP contribution is -2.44. The van der Waals surface area contributed by atoms with Crippen molar-refractivity contribution >= 4 is 41.6 Å². The number of halogens is 1. The van der Waals surface area contributed by atoms with Gasteiger partial charge in [-0.2, -0.15) is 5.06 Å². The van der Waals surface area contributed by atoms with Crippen LogP contribution in [0.25, 0.3) is 11.3 Å². The molecule has 0 saturated carbocycles. The first kappa shape index (κ1) is 21.1. The van der Waals surface area contributed by atoms with Gasteiger partial charge < -0.3 is 20.4 Å². The van der Waals surface area contributed by atoms with E-state index in [1.54, 1.807) is 6.21 Å². The fourth-order valence-corrected chi connectivity index (χ4v) is 3.79. The fraction of sp³-hybridized carbons (Fsp3) is 0.217. The highest BCUT2D eigenvalue weighted by molar-refractivity contribution is 6.33. The van der Waals surface area contributed by atoms with E-state index in [1.807, 2.05) is 42.5 Å². The molecular formula is C23H25ClN6O. The second-order valence-corrected chi connectivity index (χ2v) is 7.66. The summed E-state index contributed by atoms with van der Waals surface area (Å²) in [5.41, 5.74) is 5.41. The minimum Gasteiger partial charge on any atom is -0.369 e. The highest BCUT2D eigenvalue weighted by Gasteiger charge is 2.15. The molecule has 2 aromatic carbocycles. The predicted molar refractivity (Wildman–Crippen MR) is 129 cm³/mol. The molecule has 0 amide bonds. The van der Waals surface area contributed by atoms with Gasteiger partial charge in [0, 0.05) is 60.0 Å². The Kier molecular flexibility index (Phi) is 6.66. The van der Waals surface area contributed by atoms with Crippen LogP contribution in [-0.4, -0.2) is 61.0 Å². The third kappa shape index (κ3) is 5.14. The maximum atomic E-state index is 9.54. The maximum absolute atomic E-state index is 9.54. The summed E-state index contributed by atoms with van der Waals surface area (Å²) in [6.45, 7) is 6.97. The lowest BCUT2D eigenvalue weighted by molar-refractivity contribution is -0.0935. The second kappa shape index (κ2) is 9.78. The summed E-state index contributed by atoms with van der Waals surface area (Å²) in [6, 6.07) is 17.8. The first-order valence-electron chi connectivity index (χ1n) is 10.1. The molecule has 1 aromatic heterocycles. The van der Waals surface area contributed by atoms with E-state index in [0.29, 0.717) is 24.8 Å². The Morgan fingerprint density at radius 3 is 2.68 bits per heavy atom. The number of anilines is 2. The van der Waals surface area contributed by atoms with Gasteiger partial charge in [-0.3, -0.25) is 9.98 Å². The van der Waals surface area contributed by atoms with E-state index >= 15 is 0 Å². The van der Waals surface area contributed by atoms with Crippen LogP contribution >= 0.6 is 11.6 Å². The van der Waals surface area contributed by atoms with Crippen LogP contribution in [0.1, 0.15) is 5.69 Å². The van der Waals surface area contributed by atoms with Gasteiger partial charge in [-0.1, -0.05) is 35.9 Å². The molecule has 3 aromatic rings. The standard InChI is InChI=1S/C23H25ClN6O/c1-25-22-14-21(19-7-2-3-8-20(19)24)28-23(22)15-26-16-27-17-5-4-6-18(13-17)29-9-11-30(31)12-10-29/h2-8,13-15,27-28,31H,1,9-12,16H2/b26-15-. The number of rotatable bonds is 7. The molecule has 2 heterocycles. The zero-order chi connectivity index (χ0) is 21.6. The van der Waals surface area contributed by atoms with Gasteiger partial charge in [0.25, 0.3) is 0 Å². The number of aliphatic imine (C=N–C) groups is 2. The molecule has 31 heavy (non-hydrogen) atoms. The molecule has 0 spiro atoms. The number of nitrogens with zero attached hydrogens (tertiary/aromatic N) is 4. The number of hydrogen-bond donors (Lipinski definition) is 3. The summed E-state index contributed by atoms with van der Waals surface area (Å²) in [5.74, 6) is 0. The topological polar surface area (TPSA) is 79.2 Å². The number of aromatic nitrogens is 1. The molecule has 4 rings (SSSR count). The molecule has 160 valence electrons. The summed E-state index contributed by atoms with van der Waals surface area (Å²) in [6.07, 6.45) is 1.75. The summed E-state index contributed by atoms with van der Waals surface area (Å²) in [4.78, 5) is 14.2. The number of piperazine rings is 1. The summed E-state index contributed by atoms with van der Waals surface area (Å²) >= 11 is 6.31. The second-order valence-electron chi connectivity index (χ2n) is 7.26. The quantitative estimate of drug-likeness (QED) is 0.470. The average Bonchev–Trinajstić information content (AvgIpc) is 3.21. The van der Waals surface area contributed by atoms with E-state index in [9.17, 15) is 5.21 Å². The average molecular weight is 437 g/mol. The molecule has 8 heteroatoms. The van der Waals surface area contributed by atoms with Crippen LogP contribution in [0.2, 0.25) is 5.02 Å². The van der Waals surface area contributed by atoms with E-state index in [2.05, 4.69) is 44.0 Å². The Bertz CT molecular complexity index is 1070. The fourth-order valence-electron chi connectivity index (χ4n) is 3.55. The van der Waals surface area contributed by atoms with E-state index in [0.717, 1.165) is 47.1 Å². The van der Waals surface area contributed by atoms with E-state index in [-0.39, 0.29) is 0 Å². The van der Waals surface area contributed by atoms with Crippen molar-refractivity contribution in [2.45, 2.75) is 0 Å². The summed E-state index contributed by atoms with van der Waals surface area (Å²) < 4.78 is 0. The normalized spacial score (nSPS) is 14.8. The third-order valence-corrected chi connectivity index (χ3v) is 5.55. The van der Waals surface area contributed by atoms with E-state index in [1.165, 1.54) is 5.06 Å². The van der Waals surface area contributed by atoms with E-state index in [4.69, 9.17) is 11.6 Å². The number of benzene rings is 2. The summed E-state index contributed by atoms with van der Waals surface area (Å²) in [7, 11) is 0. The van der Waals surface area contributed by atoms with Crippen LogP contribution in [-0.2, 0) is 0 Å². The third-order valence-electron chi connectivity index (χ3n) is 5.22. The zero-order valence-electron chi connectivity index (χ0n) is 17.1. The number of nitrogens with one attached hydrogen (secondary N) is 2. The molecule has 7 nitrogen and oxygen atoms in total. The van der Waals surface area contributed by atoms with Gasteiger partial charge in [0.1, 0.15) is 6.67 Å². The molecule has 3 N–H and O–H groups in total. The smallest absolute Gasteiger partial charge is 0.107 e. The highest BCUT2D eigenvalue weighted by atomic mass is 35.5. The molecule has 1 saturated heterocycles. The van der Waals surface area contributed by atoms with Crippen molar-refractivity contribution in [2.75, 3.05) is 43.1 Å². The maximum Gasteiger partial charge on any atom is 0.107 e. The van der Waals surface area contributed by atoms with Gasteiger partial charge in [-0.25, -0.2) is 0 Å².